The number of alkyl halides is 3. The Morgan fingerprint density at radius 2 is 1.88 bits per heavy atom. The fourth-order valence-corrected chi connectivity index (χ4v) is 7.39. The van der Waals surface area contributed by atoms with Crippen molar-refractivity contribution < 1.29 is 22.7 Å². The maximum atomic E-state index is 14.5. The lowest BCUT2D eigenvalue weighted by molar-refractivity contribution is -0.128. The first-order valence-electron chi connectivity index (χ1n) is 15.5. The van der Waals surface area contributed by atoms with E-state index < -0.39 is 24.8 Å². The summed E-state index contributed by atoms with van der Waals surface area (Å²) in [5, 5.41) is 0. The lowest BCUT2D eigenvalue weighted by atomic mass is 9.82. The molecule has 0 radical (unpaired) electrons. The SMILES string of the molecule is C=CC(=O)N1CCN(C2CN(c3cc(N4CCC5(CC4)OC(CF)c4nccc(C)c45)nc(C(F)F)c3CCC)C2)CC1. The number of aromatic nitrogens is 2. The number of nitrogens with zero attached hydrogens (tertiary/aromatic N) is 6. The minimum Gasteiger partial charge on any atom is -0.368 e. The third-order valence-electron chi connectivity index (χ3n) is 9.70. The average Bonchev–Trinajstić information content (AvgIpc) is 3.31. The monoisotopic (exact) mass is 598 g/mol. The maximum Gasteiger partial charge on any atom is 0.280 e. The van der Waals surface area contributed by atoms with Crippen molar-refractivity contribution in [3.05, 3.63) is 59.1 Å². The second kappa shape index (κ2) is 12.1. The van der Waals surface area contributed by atoms with Crippen LogP contribution in [0.25, 0.3) is 0 Å². The van der Waals surface area contributed by atoms with Crippen molar-refractivity contribution in [3.63, 3.8) is 0 Å². The zero-order valence-corrected chi connectivity index (χ0v) is 25.1. The van der Waals surface area contributed by atoms with Crippen LogP contribution in [0.5, 0.6) is 0 Å². The summed E-state index contributed by atoms with van der Waals surface area (Å²) in [7, 11) is 0. The number of aryl methyl sites for hydroxylation is 1. The molecule has 2 aromatic heterocycles. The smallest absolute Gasteiger partial charge is 0.280 e. The molecule has 8 nitrogen and oxygen atoms in total. The van der Waals surface area contributed by atoms with Crippen molar-refractivity contribution in [2.75, 3.05) is 68.8 Å². The summed E-state index contributed by atoms with van der Waals surface area (Å²) in [4.78, 5) is 29.5. The molecule has 1 spiro atoms. The van der Waals surface area contributed by atoms with Gasteiger partial charge in [0.05, 0.1) is 11.3 Å². The third kappa shape index (κ3) is 5.39. The molecule has 6 rings (SSSR count). The fraction of sp³-hybridized carbons (Fsp3) is 0.594. The first-order chi connectivity index (χ1) is 20.8. The number of carbonyl (C=O) groups is 1. The van der Waals surface area contributed by atoms with Crippen molar-refractivity contribution in [1.29, 1.82) is 0 Å². The quantitative estimate of drug-likeness (QED) is 0.407. The van der Waals surface area contributed by atoms with Crippen LogP contribution >= 0.6 is 0 Å². The number of rotatable bonds is 8. The predicted molar refractivity (Wildman–Crippen MR) is 159 cm³/mol. The van der Waals surface area contributed by atoms with Gasteiger partial charge in [-0.2, -0.15) is 0 Å². The highest BCUT2D eigenvalue weighted by atomic mass is 19.3. The van der Waals surface area contributed by atoms with Gasteiger partial charge in [0.15, 0.2) is 0 Å². The fourth-order valence-electron chi connectivity index (χ4n) is 7.39. The zero-order valence-electron chi connectivity index (χ0n) is 25.1. The Hall–Kier alpha value is -3.18. The molecule has 0 aromatic carbocycles. The molecule has 43 heavy (non-hydrogen) atoms. The Balaban J connectivity index is 1.20. The van der Waals surface area contributed by atoms with E-state index in [1.54, 1.807) is 6.20 Å². The molecule has 6 heterocycles. The minimum absolute atomic E-state index is 0.0377. The molecule has 11 heteroatoms. The summed E-state index contributed by atoms with van der Waals surface area (Å²) in [6.07, 6.45) is 2.21. The summed E-state index contributed by atoms with van der Waals surface area (Å²) in [6.45, 7) is 12.5. The number of halogens is 3. The highest BCUT2D eigenvalue weighted by Crippen LogP contribution is 2.50. The second-order valence-electron chi connectivity index (χ2n) is 12.2. The van der Waals surface area contributed by atoms with Gasteiger partial charge in [-0.3, -0.25) is 14.7 Å². The normalized spacial score (nSPS) is 22.3. The summed E-state index contributed by atoms with van der Waals surface area (Å²) in [6, 6.07) is 4.25. The Morgan fingerprint density at radius 1 is 1.16 bits per heavy atom. The number of piperazine rings is 1. The highest BCUT2D eigenvalue weighted by molar-refractivity contribution is 5.87. The lowest BCUT2D eigenvalue weighted by Crippen LogP contribution is -2.63. The molecule has 1 amide bonds. The number of carbonyl (C=O) groups excluding carboxylic acids is 1. The molecule has 0 saturated carbocycles. The number of ether oxygens (including phenoxy) is 1. The van der Waals surface area contributed by atoms with Crippen molar-refractivity contribution in [2.24, 2.45) is 0 Å². The Bertz CT molecular complexity index is 1350. The molecule has 0 N–H and O–H groups in total. The van der Waals surface area contributed by atoms with Gasteiger partial charge < -0.3 is 19.4 Å². The van der Waals surface area contributed by atoms with Gasteiger partial charge >= 0.3 is 0 Å². The predicted octanol–water partition coefficient (Wildman–Crippen LogP) is 4.73. The van der Waals surface area contributed by atoms with Crippen molar-refractivity contribution in [1.82, 2.24) is 19.8 Å². The molecule has 232 valence electrons. The van der Waals surface area contributed by atoms with Gasteiger partial charge in [0.2, 0.25) is 5.91 Å². The molecule has 4 aliphatic heterocycles. The van der Waals surface area contributed by atoms with Gasteiger partial charge in [-0.15, -0.1) is 0 Å². The van der Waals surface area contributed by atoms with Crippen molar-refractivity contribution in [2.45, 2.75) is 63.7 Å². The van der Waals surface area contributed by atoms with E-state index in [2.05, 4.69) is 31.2 Å². The summed E-state index contributed by atoms with van der Waals surface area (Å²) in [5.41, 5.74) is 3.44. The van der Waals surface area contributed by atoms with Gasteiger partial charge in [0.1, 0.15) is 24.3 Å². The second-order valence-corrected chi connectivity index (χ2v) is 12.2. The van der Waals surface area contributed by atoms with E-state index in [0.717, 1.165) is 49.4 Å². The van der Waals surface area contributed by atoms with Crippen molar-refractivity contribution in [3.8, 4) is 0 Å². The number of hydrogen-bond acceptors (Lipinski definition) is 7. The number of piperidine rings is 1. The van der Waals surface area contributed by atoms with Gasteiger partial charge in [-0.1, -0.05) is 19.9 Å². The molecule has 0 bridgehead atoms. The van der Waals surface area contributed by atoms with E-state index in [1.165, 1.54) is 6.08 Å². The van der Waals surface area contributed by atoms with Crippen LogP contribution in [-0.4, -0.2) is 90.7 Å². The molecule has 1 unspecified atom stereocenters. The van der Waals surface area contributed by atoms with Gasteiger partial charge in [0, 0.05) is 87.5 Å². The maximum absolute atomic E-state index is 14.5. The van der Waals surface area contributed by atoms with Gasteiger partial charge in [-0.25, -0.2) is 18.2 Å². The van der Waals surface area contributed by atoms with Crippen LogP contribution in [0, 0.1) is 6.92 Å². The number of pyridine rings is 2. The molecular weight excluding hydrogens is 557 g/mol. The standard InChI is InChI=1S/C32H41F3N6O2/c1-4-6-23-24(41-19-22(20-41)38-13-15-40(16-14-38)27(42)5-2)17-26(37-29(23)31(34)35)39-11-8-32(9-12-39)28-21(3)7-10-36-30(28)25(18-33)43-32/h5,7,10,17,22,25,31H,2,4,6,8-9,11-16,18-20H2,1,3H3. The van der Waals surface area contributed by atoms with E-state index in [-0.39, 0.29) is 11.6 Å². The number of hydrogen-bond donors (Lipinski definition) is 0. The first kappa shape index (κ1) is 29.9. The van der Waals surface area contributed by atoms with Crippen molar-refractivity contribution >= 4 is 17.4 Å². The largest absolute Gasteiger partial charge is 0.368 e. The van der Waals surface area contributed by atoms with Crippen LogP contribution in [0.3, 0.4) is 0 Å². The average molecular weight is 599 g/mol. The van der Waals surface area contributed by atoms with Crippen LogP contribution in [0.2, 0.25) is 0 Å². The lowest BCUT2D eigenvalue weighted by Gasteiger charge is -2.49. The zero-order chi connectivity index (χ0) is 30.3. The number of fused-ring (bicyclic) bond motifs is 2. The van der Waals surface area contributed by atoms with Crippen LogP contribution in [-0.2, 0) is 21.6 Å². The van der Waals surface area contributed by atoms with E-state index >= 15 is 0 Å². The van der Waals surface area contributed by atoms with Crippen LogP contribution < -0.4 is 9.80 Å². The van der Waals surface area contributed by atoms with E-state index in [0.29, 0.717) is 68.6 Å². The van der Waals surface area contributed by atoms with E-state index in [9.17, 15) is 18.0 Å². The molecular formula is C32H41F3N6O2. The van der Waals surface area contributed by atoms with E-state index in [4.69, 9.17) is 4.74 Å². The van der Waals surface area contributed by atoms with Gasteiger partial charge in [0.25, 0.3) is 6.43 Å². The summed E-state index contributed by atoms with van der Waals surface area (Å²) < 4.78 is 49.2. The Morgan fingerprint density at radius 3 is 2.51 bits per heavy atom. The first-order valence-corrected chi connectivity index (χ1v) is 15.5. The minimum atomic E-state index is -2.67. The molecule has 1 atom stereocenters. The van der Waals surface area contributed by atoms with Gasteiger partial charge in [-0.05, 0) is 43.9 Å². The highest BCUT2D eigenvalue weighted by Gasteiger charge is 2.49. The Kier molecular flexibility index (Phi) is 8.39. The number of amides is 1. The number of anilines is 2. The molecule has 4 aliphatic rings. The molecule has 3 fully saturated rings. The molecule has 0 aliphatic carbocycles. The van der Waals surface area contributed by atoms with Crippen LogP contribution in [0.4, 0.5) is 24.7 Å². The summed E-state index contributed by atoms with van der Waals surface area (Å²) in [5.74, 6) is 0.521. The third-order valence-corrected chi connectivity index (χ3v) is 9.70. The summed E-state index contributed by atoms with van der Waals surface area (Å²) >= 11 is 0. The Labute approximate surface area is 251 Å². The van der Waals surface area contributed by atoms with E-state index in [1.807, 2.05) is 30.9 Å². The topological polar surface area (TPSA) is 65.0 Å². The molecule has 2 aromatic rings. The molecule has 3 saturated heterocycles. The van der Waals surface area contributed by atoms with Crippen LogP contribution in [0.15, 0.2) is 31.0 Å². The van der Waals surface area contributed by atoms with Crippen LogP contribution in [0.1, 0.15) is 66.8 Å².